The molecule has 6 rings (SSSR count). The summed E-state index contributed by atoms with van der Waals surface area (Å²) in [6.45, 7) is 0. The molecule has 0 bridgehead atoms. The van der Waals surface area contributed by atoms with Gasteiger partial charge in [0.2, 0.25) is 0 Å². The van der Waals surface area contributed by atoms with Crippen LogP contribution in [-0.4, -0.2) is 31.1 Å². The predicted octanol–water partition coefficient (Wildman–Crippen LogP) is 8.01. The molecule has 41 heavy (non-hydrogen) atoms. The zero-order valence-corrected chi connectivity index (χ0v) is 25.3. The van der Waals surface area contributed by atoms with Crippen LogP contribution in [0, 0.1) is 0 Å². The Morgan fingerprint density at radius 2 is 0.805 bits per heavy atom. The third-order valence-corrected chi connectivity index (χ3v) is 15.8. The van der Waals surface area contributed by atoms with Crippen LogP contribution >= 0.6 is 0 Å². The van der Waals surface area contributed by atoms with Crippen molar-refractivity contribution >= 4 is 52.7 Å². The Bertz CT molecular complexity index is 1690. The third-order valence-electron chi connectivity index (χ3n) is 7.21. The van der Waals surface area contributed by atoms with Crippen molar-refractivity contribution in [2.24, 2.45) is 0 Å². The molecule has 0 saturated carbocycles. The molecule has 5 heteroatoms. The SMILES string of the molecule is O=C([O][Sn]([CH2]c1ccccc1)([CH2]c1ccccc1)[O]C(=O)c1cccc2ccccc12)c1cccc2ccccc12. The van der Waals surface area contributed by atoms with E-state index in [4.69, 9.17) is 6.15 Å². The summed E-state index contributed by atoms with van der Waals surface area (Å²) in [4.78, 5) is 28.0. The Hall–Kier alpha value is -4.42. The second-order valence-electron chi connectivity index (χ2n) is 10.1. The molecule has 0 fully saturated rings. The van der Waals surface area contributed by atoms with Gasteiger partial charge in [0.1, 0.15) is 0 Å². The van der Waals surface area contributed by atoms with E-state index in [1.807, 2.05) is 133 Å². The molecule has 0 heterocycles. The fourth-order valence-electron chi connectivity index (χ4n) is 5.30. The van der Waals surface area contributed by atoms with Gasteiger partial charge in [-0.2, -0.15) is 0 Å². The molecular formula is C36H28O4Sn. The van der Waals surface area contributed by atoms with Crippen molar-refractivity contribution in [3.05, 3.63) is 168 Å². The van der Waals surface area contributed by atoms with E-state index in [9.17, 15) is 9.59 Å². The van der Waals surface area contributed by atoms with E-state index in [2.05, 4.69) is 0 Å². The van der Waals surface area contributed by atoms with Gasteiger partial charge in [-0.05, 0) is 0 Å². The monoisotopic (exact) mass is 644 g/mol. The van der Waals surface area contributed by atoms with Gasteiger partial charge in [-0.1, -0.05) is 0 Å². The Morgan fingerprint density at radius 1 is 0.439 bits per heavy atom. The molecule has 0 spiro atoms. The van der Waals surface area contributed by atoms with Crippen LogP contribution in [0.5, 0.6) is 0 Å². The zero-order valence-electron chi connectivity index (χ0n) is 22.4. The topological polar surface area (TPSA) is 52.6 Å². The van der Waals surface area contributed by atoms with E-state index in [0.717, 1.165) is 32.7 Å². The number of fused-ring (bicyclic) bond motifs is 2. The van der Waals surface area contributed by atoms with Crippen molar-refractivity contribution in [2.45, 2.75) is 8.87 Å². The summed E-state index contributed by atoms with van der Waals surface area (Å²) in [5.41, 5.74) is 2.87. The second-order valence-corrected chi connectivity index (χ2v) is 18.4. The van der Waals surface area contributed by atoms with Gasteiger partial charge in [-0.3, -0.25) is 0 Å². The minimum absolute atomic E-state index is 0.386. The van der Waals surface area contributed by atoms with Crippen LogP contribution in [0.25, 0.3) is 21.5 Å². The molecule has 0 atom stereocenters. The fourth-order valence-corrected chi connectivity index (χ4v) is 14.0. The summed E-state index contributed by atoms with van der Waals surface area (Å²) in [5, 5.41) is 3.50. The van der Waals surface area contributed by atoms with Gasteiger partial charge in [0.25, 0.3) is 0 Å². The predicted molar refractivity (Wildman–Crippen MR) is 165 cm³/mol. The quantitative estimate of drug-likeness (QED) is 0.158. The number of carbonyl (C=O) groups excluding carboxylic acids is 2. The first kappa shape index (κ1) is 26.8. The van der Waals surface area contributed by atoms with E-state index in [1.165, 1.54) is 0 Å². The van der Waals surface area contributed by atoms with Gasteiger partial charge in [0.15, 0.2) is 0 Å². The van der Waals surface area contributed by atoms with Crippen LogP contribution in [0.3, 0.4) is 0 Å². The van der Waals surface area contributed by atoms with Gasteiger partial charge < -0.3 is 0 Å². The number of hydrogen-bond acceptors (Lipinski definition) is 4. The van der Waals surface area contributed by atoms with Gasteiger partial charge in [-0.25, -0.2) is 0 Å². The van der Waals surface area contributed by atoms with Crippen LogP contribution in [-0.2, 0) is 15.0 Å². The van der Waals surface area contributed by atoms with E-state index in [-0.39, 0.29) is 0 Å². The van der Waals surface area contributed by atoms with Crippen LogP contribution < -0.4 is 0 Å². The second kappa shape index (κ2) is 12.0. The summed E-state index contributed by atoms with van der Waals surface area (Å²) >= 11 is -4.68. The van der Waals surface area contributed by atoms with Crippen molar-refractivity contribution in [3.63, 3.8) is 0 Å². The molecule has 6 aromatic rings. The summed E-state index contributed by atoms with van der Waals surface area (Å²) in [6, 6.07) is 46.3. The number of benzene rings is 6. The average Bonchev–Trinajstić information content (AvgIpc) is 3.01. The molecule has 0 N–H and O–H groups in total. The van der Waals surface area contributed by atoms with E-state index in [0.29, 0.717) is 20.0 Å². The normalized spacial score (nSPS) is 11.3. The first-order valence-electron chi connectivity index (χ1n) is 13.6. The number of hydrogen-bond donors (Lipinski definition) is 0. The number of carbonyl (C=O) groups is 2. The molecule has 0 radical (unpaired) electrons. The molecule has 6 aromatic carbocycles. The average molecular weight is 643 g/mol. The summed E-state index contributed by atoms with van der Waals surface area (Å²) in [6.07, 6.45) is 0. The van der Waals surface area contributed by atoms with Crippen LogP contribution in [0.15, 0.2) is 146 Å². The van der Waals surface area contributed by atoms with E-state index < -0.39 is 31.1 Å². The molecule has 0 aromatic heterocycles. The number of rotatable bonds is 8. The maximum atomic E-state index is 14.0. The Kier molecular flexibility index (Phi) is 7.83. The zero-order chi connectivity index (χ0) is 28.1. The Balaban J connectivity index is 1.46. The molecule has 0 aliphatic carbocycles. The van der Waals surface area contributed by atoms with E-state index in [1.54, 1.807) is 12.1 Å². The molecule has 4 nitrogen and oxygen atoms in total. The van der Waals surface area contributed by atoms with Crippen LogP contribution in [0.1, 0.15) is 31.8 Å². The molecule has 200 valence electrons. The van der Waals surface area contributed by atoms with Crippen LogP contribution in [0.2, 0.25) is 0 Å². The molecule has 0 aliphatic heterocycles. The van der Waals surface area contributed by atoms with Crippen molar-refractivity contribution in [3.8, 4) is 0 Å². The van der Waals surface area contributed by atoms with Gasteiger partial charge in [-0.15, -0.1) is 0 Å². The third kappa shape index (κ3) is 6.03. The van der Waals surface area contributed by atoms with Gasteiger partial charge >= 0.3 is 245 Å². The summed E-state index contributed by atoms with van der Waals surface area (Å²) < 4.78 is 13.9. The maximum absolute atomic E-state index is 14.0. The molecule has 0 aliphatic rings. The van der Waals surface area contributed by atoms with Crippen molar-refractivity contribution in [1.29, 1.82) is 0 Å². The molecule has 0 unspecified atom stereocenters. The minimum atomic E-state index is -4.68. The Labute approximate surface area is 244 Å². The first-order chi connectivity index (χ1) is 20.1. The standard InChI is InChI=1S/2C11H8O2.2C7H7.Sn/c2*12-11(13)10-7-3-5-8-4-1-2-6-9(8)10;2*1-7-5-3-2-4-6-7;/h2*1-7H,(H,12,13);2*2-6H,1H2;/q;;;;+2/p-2. The fraction of sp³-hybridized carbons (Fsp3) is 0.0556. The molecular weight excluding hydrogens is 615 g/mol. The van der Waals surface area contributed by atoms with Crippen LogP contribution in [0.4, 0.5) is 0 Å². The van der Waals surface area contributed by atoms with Crippen molar-refractivity contribution in [2.75, 3.05) is 0 Å². The molecule has 0 amide bonds. The first-order valence-corrected chi connectivity index (χ1v) is 20.0. The van der Waals surface area contributed by atoms with Gasteiger partial charge in [0.05, 0.1) is 0 Å². The van der Waals surface area contributed by atoms with E-state index >= 15 is 0 Å². The van der Waals surface area contributed by atoms with Gasteiger partial charge in [0, 0.05) is 0 Å². The van der Waals surface area contributed by atoms with Crippen molar-refractivity contribution < 1.29 is 15.7 Å². The summed E-state index contributed by atoms with van der Waals surface area (Å²) in [7, 11) is 0. The summed E-state index contributed by atoms with van der Waals surface area (Å²) in [5.74, 6) is -0.926. The molecule has 0 saturated heterocycles. The van der Waals surface area contributed by atoms with Crippen molar-refractivity contribution in [1.82, 2.24) is 0 Å². The Morgan fingerprint density at radius 3 is 1.24 bits per heavy atom.